The lowest BCUT2D eigenvalue weighted by atomic mass is 10.0. The molecule has 106 valence electrons. The third-order valence-electron chi connectivity index (χ3n) is 3.84. The van der Waals surface area contributed by atoms with E-state index in [-0.39, 0.29) is 5.75 Å². The molecule has 0 saturated carbocycles. The van der Waals surface area contributed by atoms with E-state index >= 15 is 0 Å². The number of hydrogen-bond donors (Lipinski definition) is 1. The van der Waals surface area contributed by atoms with E-state index in [4.69, 9.17) is 16.3 Å². The minimum atomic E-state index is 0.212. The molecule has 1 saturated heterocycles. The lowest BCUT2D eigenvalue weighted by Crippen LogP contribution is -2.24. The summed E-state index contributed by atoms with van der Waals surface area (Å²) in [5, 5.41) is 10.8. The lowest BCUT2D eigenvalue weighted by molar-refractivity contribution is 0.268. The molecule has 3 nitrogen and oxygen atoms in total. The van der Waals surface area contributed by atoms with Gasteiger partial charge in [0.05, 0.1) is 7.11 Å². The number of halogens is 1. The number of ether oxygens (including phenoxy) is 1. The second-order valence-corrected chi connectivity index (χ2v) is 5.86. The molecule has 1 aliphatic heterocycles. The number of methoxy groups -OCH3 is 1. The quantitative estimate of drug-likeness (QED) is 0.919. The van der Waals surface area contributed by atoms with Crippen LogP contribution < -0.4 is 4.74 Å². The van der Waals surface area contributed by atoms with Gasteiger partial charge in [-0.05, 0) is 44.3 Å². The summed E-state index contributed by atoms with van der Waals surface area (Å²) >= 11 is 6.06. The molecule has 1 heterocycles. The Bertz CT molecular complexity index is 436. The van der Waals surface area contributed by atoms with Crippen molar-refractivity contribution in [1.29, 1.82) is 0 Å². The van der Waals surface area contributed by atoms with Gasteiger partial charge in [0.2, 0.25) is 0 Å². The molecular formula is C15H22ClNO2. The standard InChI is InChI=1S/C15H22ClNO2/c1-11-4-3-6-17(7-5-11)10-12-8-13(16)9-14(19-2)15(12)18/h8-9,11,18H,3-7,10H2,1-2H3. The number of aromatic hydroxyl groups is 1. The molecule has 1 N–H and O–H groups in total. The summed E-state index contributed by atoms with van der Waals surface area (Å²) in [5.74, 6) is 1.46. The van der Waals surface area contributed by atoms with Crippen LogP contribution in [0, 0.1) is 5.92 Å². The van der Waals surface area contributed by atoms with Crippen molar-refractivity contribution in [3.05, 3.63) is 22.7 Å². The van der Waals surface area contributed by atoms with Crippen LogP contribution in [0.15, 0.2) is 12.1 Å². The molecule has 2 rings (SSSR count). The summed E-state index contributed by atoms with van der Waals surface area (Å²) in [6, 6.07) is 3.47. The van der Waals surface area contributed by atoms with Gasteiger partial charge in [-0.15, -0.1) is 0 Å². The van der Waals surface area contributed by atoms with Crippen LogP contribution in [0.3, 0.4) is 0 Å². The SMILES string of the molecule is COc1cc(Cl)cc(CN2CCCC(C)CC2)c1O. The molecular weight excluding hydrogens is 262 g/mol. The van der Waals surface area contributed by atoms with E-state index in [1.165, 1.54) is 19.3 Å². The van der Waals surface area contributed by atoms with Gasteiger partial charge in [0.25, 0.3) is 0 Å². The smallest absolute Gasteiger partial charge is 0.162 e. The van der Waals surface area contributed by atoms with E-state index in [1.54, 1.807) is 13.2 Å². The van der Waals surface area contributed by atoms with Crippen LogP contribution in [0.5, 0.6) is 11.5 Å². The Morgan fingerprint density at radius 1 is 1.37 bits per heavy atom. The Morgan fingerprint density at radius 3 is 2.89 bits per heavy atom. The molecule has 0 amide bonds. The first-order valence-electron chi connectivity index (χ1n) is 6.88. The van der Waals surface area contributed by atoms with Gasteiger partial charge in [-0.3, -0.25) is 4.90 Å². The van der Waals surface area contributed by atoms with Gasteiger partial charge >= 0.3 is 0 Å². The fraction of sp³-hybridized carbons (Fsp3) is 0.600. The van der Waals surface area contributed by atoms with Gasteiger partial charge in [-0.25, -0.2) is 0 Å². The number of hydrogen-bond acceptors (Lipinski definition) is 3. The van der Waals surface area contributed by atoms with Crippen molar-refractivity contribution in [2.75, 3.05) is 20.2 Å². The Balaban J connectivity index is 2.12. The summed E-state index contributed by atoms with van der Waals surface area (Å²) in [7, 11) is 1.54. The van der Waals surface area contributed by atoms with Crippen molar-refractivity contribution >= 4 is 11.6 Å². The highest BCUT2D eigenvalue weighted by molar-refractivity contribution is 6.30. The number of phenols is 1. The first kappa shape index (κ1) is 14.5. The van der Waals surface area contributed by atoms with Crippen LogP contribution in [0.1, 0.15) is 31.7 Å². The van der Waals surface area contributed by atoms with Crippen molar-refractivity contribution in [3.8, 4) is 11.5 Å². The van der Waals surface area contributed by atoms with Crippen molar-refractivity contribution in [1.82, 2.24) is 4.90 Å². The van der Waals surface area contributed by atoms with E-state index in [2.05, 4.69) is 11.8 Å². The van der Waals surface area contributed by atoms with Crippen LogP contribution in [0.25, 0.3) is 0 Å². The molecule has 1 aliphatic rings. The highest BCUT2D eigenvalue weighted by atomic mass is 35.5. The molecule has 4 heteroatoms. The molecule has 19 heavy (non-hydrogen) atoms. The fourth-order valence-electron chi connectivity index (χ4n) is 2.63. The molecule has 1 unspecified atom stereocenters. The van der Waals surface area contributed by atoms with Crippen LogP contribution in [-0.2, 0) is 6.54 Å². The fourth-order valence-corrected chi connectivity index (χ4v) is 2.86. The molecule has 1 fully saturated rings. The molecule has 0 aromatic heterocycles. The maximum absolute atomic E-state index is 10.2. The molecule has 0 radical (unpaired) electrons. The summed E-state index contributed by atoms with van der Waals surface area (Å²) in [6.45, 7) is 5.20. The van der Waals surface area contributed by atoms with Gasteiger partial charge in [0.1, 0.15) is 0 Å². The Labute approximate surface area is 120 Å². The lowest BCUT2D eigenvalue weighted by Gasteiger charge is -2.21. The third kappa shape index (κ3) is 3.77. The van der Waals surface area contributed by atoms with Gasteiger partial charge in [-0.2, -0.15) is 0 Å². The average molecular weight is 284 g/mol. The second kappa shape index (κ2) is 6.49. The van der Waals surface area contributed by atoms with Crippen LogP contribution in [-0.4, -0.2) is 30.2 Å². The molecule has 0 spiro atoms. The van der Waals surface area contributed by atoms with Crippen LogP contribution >= 0.6 is 11.6 Å². The number of phenolic OH excluding ortho intramolecular Hbond substituents is 1. The van der Waals surface area contributed by atoms with Crippen molar-refractivity contribution in [2.24, 2.45) is 5.92 Å². The van der Waals surface area contributed by atoms with Crippen molar-refractivity contribution in [2.45, 2.75) is 32.7 Å². The van der Waals surface area contributed by atoms with E-state index in [0.29, 0.717) is 10.8 Å². The van der Waals surface area contributed by atoms with Gasteiger partial charge in [0.15, 0.2) is 11.5 Å². The summed E-state index contributed by atoms with van der Waals surface area (Å²) in [4.78, 5) is 2.38. The molecule has 1 aromatic rings. The van der Waals surface area contributed by atoms with Crippen LogP contribution in [0.2, 0.25) is 5.02 Å². The minimum Gasteiger partial charge on any atom is -0.504 e. The van der Waals surface area contributed by atoms with Gasteiger partial charge in [0, 0.05) is 23.2 Å². The largest absolute Gasteiger partial charge is 0.504 e. The summed E-state index contributed by atoms with van der Waals surface area (Å²) < 4.78 is 5.14. The first-order chi connectivity index (χ1) is 9.10. The highest BCUT2D eigenvalue weighted by Gasteiger charge is 2.17. The highest BCUT2D eigenvalue weighted by Crippen LogP contribution is 2.34. The average Bonchev–Trinajstić information content (AvgIpc) is 2.58. The Hall–Kier alpha value is -0.930. The zero-order valence-corrected chi connectivity index (χ0v) is 12.4. The maximum Gasteiger partial charge on any atom is 0.162 e. The van der Waals surface area contributed by atoms with Gasteiger partial charge in [-0.1, -0.05) is 18.5 Å². The Morgan fingerprint density at radius 2 is 2.16 bits per heavy atom. The van der Waals surface area contributed by atoms with E-state index in [9.17, 15) is 5.11 Å². The predicted molar refractivity (Wildman–Crippen MR) is 78.0 cm³/mol. The predicted octanol–water partition coefficient (Wildman–Crippen LogP) is 3.68. The zero-order valence-electron chi connectivity index (χ0n) is 11.7. The monoisotopic (exact) mass is 283 g/mol. The molecule has 0 aliphatic carbocycles. The molecule has 1 atom stereocenters. The van der Waals surface area contributed by atoms with Crippen molar-refractivity contribution in [3.63, 3.8) is 0 Å². The third-order valence-corrected chi connectivity index (χ3v) is 4.06. The van der Waals surface area contributed by atoms with E-state index in [0.717, 1.165) is 31.1 Å². The van der Waals surface area contributed by atoms with Crippen molar-refractivity contribution < 1.29 is 9.84 Å². The maximum atomic E-state index is 10.2. The van der Waals surface area contributed by atoms with Gasteiger partial charge < -0.3 is 9.84 Å². The number of rotatable bonds is 3. The summed E-state index contributed by atoms with van der Waals surface area (Å²) in [6.07, 6.45) is 3.74. The minimum absolute atomic E-state index is 0.212. The molecule has 1 aromatic carbocycles. The first-order valence-corrected chi connectivity index (χ1v) is 7.25. The summed E-state index contributed by atoms with van der Waals surface area (Å²) in [5.41, 5.74) is 0.846. The topological polar surface area (TPSA) is 32.7 Å². The second-order valence-electron chi connectivity index (χ2n) is 5.43. The number of likely N-dealkylation sites (tertiary alicyclic amines) is 1. The van der Waals surface area contributed by atoms with Crippen LogP contribution in [0.4, 0.5) is 0 Å². The number of nitrogens with zero attached hydrogens (tertiary/aromatic N) is 1. The normalized spacial score (nSPS) is 21.1. The number of benzene rings is 1. The Kier molecular flexibility index (Phi) is 4.94. The van der Waals surface area contributed by atoms with E-state index in [1.807, 2.05) is 6.07 Å². The molecule has 0 bridgehead atoms. The zero-order chi connectivity index (χ0) is 13.8. The van der Waals surface area contributed by atoms with E-state index < -0.39 is 0 Å².